The summed E-state index contributed by atoms with van der Waals surface area (Å²) in [4.78, 5) is 35.4. The van der Waals surface area contributed by atoms with Crippen molar-refractivity contribution in [1.82, 2.24) is 16.0 Å². The minimum Gasteiger partial charge on any atom is -0.454 e. The minimum absolute atomic E-state index is 0.200. The van der Waals surface area contributed by atoms with E-state index in [0.717, 1.165) is 17.5 Å². The van der Waals surface area contributed by atoms with Crippen molar-refractivity contribution in [3.8, 4) is 0 Å². The lowest BCUT2D eigenvalue weighted by atomic mass is 10.1. The van der Waals surface area contributed by atoms with Gasteiger partial charge >= 0.3 is 12.0 Å². The van der Waals surface area contributed by atoms with E-state index in [4.69, 9.17) is 4.74 Å². The summed E-state index contributed by atoms with van der Waals surface area (Å²) in [5.41, 5.74) is 3.14. The average molecular weight is 397 g/mol. The molecule has 2 aromatic rings. The molecule has 1 unspecified atom stereocenters. The molecule has 0 aliphatic rings. The molecule has 7 nitrogen and oxygen atoms in total. The summed E-state index contributed by atoms with van der Waals surface area (Å²) in [7, 11) is 0. The SMILES string of the molecule is CCc1ccc(C(C)NC(=O)COC(=O)CNC(=O)NCc2ccccc2)cc1. The standard InChI is InChI=1S/C22H27N3O4/c1-3-17-9-11-19(12-10-17)16(2)25-20(26)15-29-21(27)14-24-22(28)23-13-18-7-5-4-6-8-18/h4-12,16H,3,13-15H2,1-2H3,(H,25,26)(H2,23,24,28). The number of hydrogen-bond acceptors (Lipinski definition) is 4. The van der Waals surface area contributed by atoms with E-state index in [2.05, 4.69) is 22.9 Å². The summed E-state index contributed by atoms with van der Waals surface area (Å²) in [6.45, 7) is 3.57. The van der Waals surface area contributed by atoms with Crippen molar-refractivity contribution < 1.29 is 19.1 Å². The highest BCUT2D eigenvalue weighted by molar-refractivity contribution is 5.83. The number of nitrogens with one attached hydrogen (secondary N) is 3. The lowest BCUT2D eigenvalue weighted by molar-refractivity contribution is -0.147. The number of carbonyl (C=O) groups excluding carboxylic acids is 3. The topological polar surface area (TPSA) is 96.5 Å². The molecule has 0 aromatic heterocycles. The van der Waals surface area contributed by atoms with Gasteiger partial charge in [-0.05, 0) is 30.0 Å². The smallest absolute Gasteiger partial charge is 0.325 e. The van der Waals surface area contributed by atoms with Crippen molar-refractivity contribution in [1.29, 1.82) is 0 Å². The number of esters is 1. The molecule has 0 saturated heterocycles. The van der Waals surface area contributed by atoms with Crippen LogP contribution in [-0.2, 0) is 27.3 Å². The number of hydrogen-bond donors (Lipinski definition) is 3. The predicted molar refractivity (Wildman–Crippen MR) is 110 cm³/mol. The molecular formula is C22H27N3O4. The third-order valence-corrected chi connectivity index (χ3v) is 4.32. The van der Waals surface area contributed by atoms with Crippen LogP contribution >= 0.6 is 0 Å². The fraction of sp³-hybridized carbons (Fsp3) is 0.318. The van der Waals surface area contributed by atoms with E-state index in [1.165, 1.54) is 5.56 Å². The first kappa shape index (κ1) is 21.9. The Morgan fingerprint density at radius 3 is 2.28 bits per heavy atom. The van der Waals surface area contributed by atoms with Gasteiger partial charge in [0.15, 0.2) is 6.61 Å². The number of benzene rings is 2. The van der Waals surface area contributed by atoms with Gasteiger partial charge in [0.2, 0.25) is 0 Å². The van der Waals surface area contributed by atoms with Gasteiger partial charge in [-0.15, -0.1) is 0 Å². The van der Waals surface area contributed by atoms with Crippen LogP contribution in [0, 0.1) is 0 Å². The molecular weight excluding hydrogens is 370 g/mol. The maximum atomic E-state index is 12.0. The third kappa shape index (κ3) is 8.04. The van der Waals surface area contributed by atoms with Gasteiger partial charge in [-0.25, -0.2) is 4.79 Å². The van der Waals surface area contributed by atoms with Crippen molar-refractivity contribution in [3.63, 3.8) is 0 Å². The lowest BCUT2D eigenvalue weighted by Gasteiger charge is -2.15. The molecule has 29 heavy (non-hydrogen) atoms. The highest BCUT2D eigenvalue weighted by Crippen LogP contribution is 2.13. The van der Waals surface area contributed by atoms with E-state index in [0.29, 0.717) is 6.54 Å². The zero-order valence-corrected chi connectivity index (χ0v) is 16.7. The first-order chi connectivity index (χ1) is 14.0. The summed E-state index contributed by atoms with van der Waals surface area (Å²) in [6, 6.07) is 16.7. The van der Waals surface area contributed by atoms with Gasteiger partial charge in [0.25, 0.3) is 5.91 Å². The number of carbonyl (C=O) groups is 3. The Morgan fingerprint density at radius 1 is 0.931 bits per heavy atom. The van der Waals surface area contributed by atoms with Crippen molar-refractivity contribution in [2.24, 2.45) is 0 Å². The fourth-order valence-corrected chi connectivity index (χ4v) is 2.60. The quantitative estimate of drug-likeness (QED) is 0.567. The molecule has 0 heterocycles. The van der Waals surface area contributed by atoms with E-state index >= 15 is 0 Å². The van der Waals surface area contributed by atoms with Gasteiger partial charge in [-0.2, -0.15) is 0 Å². The van der Waals surface area contributed by atoms with Crippen LogP contribution in [0.25, 0.3) is 0 Å². The number of amides is 3. The Balaban J connectivity index is 1.63. The zero-order valence-electron chi connectivity index (χ0n) is 16.7. The number of ether oxygens (including phenoxy) is 1. The van der Waals surface area contributed by atoms with Gasteiger partial charge in [-0.1, -0.05) is 61.5 Å². The maximum Gasteiger partial charge on any atom is 0.325 e. The van der Waals surface area contributed by atoms with Crippen LogP contribution in [0.3, 0.4) is 0 Å². The van der Waals surface area contributed by atoms with Crippen LogP contribution in [0.2, 0.25) is 0 Å². The van der Waals surface area contributed by atoms with Crippen molar-refractivity contribution >= 4 is 17.9 Å². The van der Waals surface area contributed by atoms with Gasteiger partial charge in [0, 0.05) is 6.54 Å². The van der Waals surface area contributed by atoms with Crippen LogP contribution in [0.5, 0.6) is 0 Å². The second kappa shape index (κ2) is 11.5. The van der Waals surface area contributed by atoms with Gasteiger partial charge in [-0.3, -0.25) is 9.59 Å². The van der Waals surface area contributed by atoms with E-state index in [9.17, 15) is 14.4 Å². The molecule has 0 radical (unpaired) electrons. The first-order valence-electron chi connectivity index (χ1n) is 9.57. The molecule has 0 fully saturated rings. The van der Waals surface area contributed by atoms with E-state index in [-0.39, 0.29) is 12.6 Å². The molecule has 0 bridgehead atoms. The Hall–Kier alpha value is -3.35. The van der Waals surface area contributed by atoms with E-state index in [1.54, 1.807) is 0 Å². The van der Waals surface area contributed by atoms with Crippen molar-refractivity contribution in [3.05, 3.63) is 71.3 Å². The second-order valence-corrected chi connectivity index (χ2v) is 6.57. The second-order valence-electron chi connectivity index (χ2n) is 6.57. The van der Waals surface area contributed by atoms with Crippen molar-refractivity contribution in [2.45, 2.75) is 32.9 Å². The minimum atomic E-state index is -0.685. The third-order valence-electron chi connectivity index (χ3n) is 4.32. The summed E-state index contributed by atoms with van der Waals surface area (Å²) in [5, 5.41) is 7.81. The van der Waals surface area contributed by atoms with E-state index < -0.39 is 24.5 Å². The molecule has 0 saturated carbocycles. The molecule has 0 aliphatic carbocycles. The average Bonchev–Trinajstić information content (AvgIpc) is 2.75. The molecule has 3 amide bonds. The van der Waals surface area contributed by atoms with Crippen LogP contribution in [0.1, 0.15) is 36.6 Å². The van der Waals surface area contributed by atoms with Crippen molar-refractivity contribution in [2.75, 3.05) is 13.2 Å². The number of rotatable bonds is 9. The normalized spacial score (nSPS) is 11.2. The van der Waals surface area contributed by atoms with Crippen LogP contribution in [-0.4, -0.2) is 31.1 Å². The largest absolute Gasteiger partial charge is 0.454 e. The highest BCUT2D eigenvalue weighted by atomic mass is 16.5. The summed E-state index contributed by atoms with van der Waals surface area (Å²) < 4.78 is 4.90. The Kier molecular flexibility index (Phi) is 8.69. The van der Waals surface area contributed by atoms with Crippen LogP contribution < -0.4 is 16.0 Å². The first-order valence-corrected chi connectivity index (χ1v) is 9.57. The fourth-order valence-electron chi connectivity index (χ4n) is 2.60. The molecule has 2 rings (SSSR count). The summed E-state index contributed by atoms with van der Waals surface area (Å²) in [5.74, 6) is -1.09. The highest BCUT2D eigenvalue weighted by Gasteiger charge is 2.12. The molecule has 3 N–H and O–H groups in total. The summed E-state index contributed by atoms with van der Waals surface area (Å²) in [6.07, 6.45) is 0.954. The number of aryl methyl sites for hydroxylation is 1. The predicted octanol–water partition coefficient (Wildman–Crippen LogP) is 2.47. The van der Waals surface area contributed by atoms with Crippen LogP contribution in [0.15, 0.2) is 54.6 Å². The Labute approximate surface area is 170 Å². The summed E-state index contributed by atoms with van der Waals surface area (Å²) >= 11 is 0. The van der Waals surface area contributed by atoms with Gasteiger partial charge < -0.3 is 20.7 Å². The Morgan fingerprint density at radius 2 is 1.62 bits per heavy atom. The zero-order chi connectivity index (χ0) is 21.1. The molecule has 7 heteroatoms. The van der Waals surface area contributed by atoms with E-state index in [1.807, 2.05) is 61.5 Å². The Bertz CT molecular complexity index is 807. The van der Waals surface area contributed by atoms with Crippen LogP contribution in [0.4, 0.5) is 4.79 Å². The maximum absolute atomic E-state index is 12.0. The molecule has 2 aromatic carbocycles. The molecule has 0 spiro atoms. The van der Waals surface area contributed by atoms with Gasteiger partial charge in [0.1, 0.15) is 6.54 Å². The van der Waals surface area contributed by atoms with Gasteiger partial charge in [0.05, 0.1) is 6.04 Å². The molecule has 154 valence electrons. The molecule has 1 atom stereocenters. The monoisotopic (exact) mass is 397 g/mol. The number of urea groups is 1. The lowest BCUT2D eigenvalue weighted by Crippen LogP contribution is -2.39. The molecule has 0 aliphatic heterocycles.